The smallest absolute Gasteiger partial charge is 0.226 e. The van der Waals surface area contributed by atoms with Gasteiger partial charge in [0.2, 0.25) is 5.91 Å². The molecule has 0 radical (unpaired) electrons. The number of nitrogens with one attached hydrogen (secondary N) is 1. The summed E-state index contributed by atoms with van der Waals surface area (Å²) in [6.45, 7) is 6.55. The average molecular weight is 362 g/mol. The fraction of sp³-hybridized carbons (Fsp3) is 0.667. The van der Waals surface area contributed by atoms with Gasteiger partial charge in [0.25, 0.3) is 0 Å². The van der Waals surface area contributed by atoms with Crippen molar-refractivity contribution in [1.29, 1.82) is 0 Å². The van der Waals surface area contributed by atoms with E-state index in [1.807, 2.05) is 0 Å². The molecule has 6 nitrogen and oxygen atoms in total. The normalized spacial score (nSPS) is 22.0. The van der Waals surface area contributed by atoms with Gasteiger partial charge in [0.15, 0.2) is 0 Å². The number of hydrogen-bond donors (Lipinski definition) is 1. The molecule has 1 amide bonds. The molecule has 0 saturated carbocycles. The molecule has 0 unspecified atom stereocenters. The van der Waals surface area contributed by atoms with E-state index in [4.69, 9.17) is 0 Å². The van der Waals surface area contributed by atoms with Crippen molar-refractivity contribution in [2.45, 2.75) is 25.8 Å². The van der Waals surface area contributed by atoms with Crippen molar-refractivity contribution in [1.82, 2.24) is 20.2 Å². The van der Waals surface area contributed by atoms with E-state index in [-0.39, 0.29) is 30.7 Å². The molecule has 0 spiro atoms. The molecule has 2 aliphatic rings. The lowest BCUT2D eigenvalue weighted by Crippen LogP contribution is -2.54. The predicted molar refractivity (Wildman–Crippen MR) is 95.5 cm³/mol. The van der Waals surface area contributed by atoms with Gasteiger partial charge in [0.05, 0.1) is 6.20 Å². The zero-order valence-electron chi connectivity index (χ0n) is 13.4. The third kappa shape index (κ3) is 4.68. The van der Waals surface area contributed by atoms with Crippen LogP contribution in [-0.4, -0.2) is 59.5 Å². The number of piperazine rings is 1. The molecule has 0 bridgehead atoms. The lowest BCUT2D eigenvalue weighted by Gasteiger charge is -2.39. The molecule has 0 aromatic carbocycles. The highest BCUT2D eigenvalue weighted by atomic mass is 35.5. The van der Waals surface area contributed by atoms with Crippen molar-refractivity contribution in [2.24, 2.45) is 5.92 Å². The Balaban J connectivity index is 0.00000132. The Kier molecular flexibility index (Phi) is 8.02. The Hall–Kier alpha value is -1.11. The summed E-state index contributed by atoms with van der Waals surface area (Å²) in [6.07, 6.45) is 7.01. The van der Waals surface area contributed by atoms with Crippen molar-refractivity contribution >= 4 is 36.5 Å². The van der Waals surface area contributed by atoms with Crippen molar-refractivity contribution in [2.75, 3.05) is 37.6 Å². The van der Waals surface area contributed by atoms with E-state index in [0.29, 0.717) is 11.9 Å². The molecule has 23 heavy (non-hydrogen) atoms. The SMILES string of the molecule is C[C@H]1CNCCN1C(=O)C1CCN(c2cnccn2)CC1.Cl.Cl. The second-order valence-corrected chi connectivity index (χ2v) is 5.91. The molecule has 130 valence electrons. The van der Waals surface area contributed by atoms with Gasteiger partial charge in [0.1, 0.15) is 5.82 Å². The average Bonchev–Trinajstić information content (AvgIpc) is 2.56. The number of hydrogen-bond acceptors (Lipinski definition) is 5. The van der Waals surface area contributed by atoms with Crippen LogP contribution in [0.25, 0.3) is 0 Å². The first-order valence-electron chi connectivity index (χ1n) is 7.78. The van der Waals surface area contributed by atoms with E-state index >= 15 is 0 Å². The van der Waals surface area contributed by atoms with Gasteiger partial charge in [-0.3, -0.25) is 9.78 Å². The number of amides is 1. The molecule has 1 aromatic heterocycles. The van der Waals surface area contributed by atoms with Gasteiger partial charge in [-0.2, -0.15) is 0 Å². The Morgan fingerprint density at radius 2 is 1.96 bits per heavy atom. The van der Waals surface area contributed by atoms with Crippen LogP contribution >= 0.6 is 24.8 Å². The zero-order chi connectivity index (χ0) is 14.7. The van der Waals surface area contributed by atoms with E-state index in [1.54, 1.807) is 18.6 Å². The Morgan fingerprint density at radius 1 is 1.22 bits per heavy atom. The number of rotatable bonds is 2. The van der Waals surface area contributed by atoms with Crippen LogP contribution in [0, 0.1) is 5.92 Å². The van der Waals surface area contributed by atoms with E-state index in [1.165, 1.54) is 0 Å². The third-order valence-corrected chi connectivity index (χ3v) is 4.50. The van der Waals surface area contributed by atoms with E-state index in [9.17, 15) is 4.79 Å². The molecule has 2 fully saturated rings. The van der Waals surface area contributed by atoms with E-state index in [2.05, 4.69) is 32.0 Å². The molecular weight excluding hydrogens is 337 g/mol. The molecule has 2 saturated heterocycles. The van der Waals surface area contributed by atoms with Gasteiger partial charge in [-0.15, -0.1) is 24.8 Å². The molecule has 2 aliphatic heterocycles. The number of aromatic nitrogens is 2. The van der Waals surface area contributed by atoms with Crippen LogP contribution in [0.4, 0.5) is 5.82 Å². The first kappa shape index (κ1) is 19.9. The highest BCUT2D eigenvalue weighted by Crippen LogP contribution is 2.23. The fourth-order valence-electron chi connectivity index (χ4n) is 3.21. The second-order valence-electron chi connectivity index (χ2n) is 5.91. The topological polar surface area (TPSA) is 61.4 Å². The van der Waals surface area contributed by atoms with Crippen LogP contribution in [0.2, 0.25) is 0 Å². The predicted octanol–water partition coefficient (Wildman–Crippen LogP) is 1.36. The summed E-state index contributed by atoms with van der Waals surface area (Å²) < 4.78 is 0. The maximum absolute atomic E-state index is 12.7. The number of halogens is 2. The highest BCUT2D eigenvalue weighted by molar-refractivity contribution is 5.85. The maximum Gasteiger partial charge on any atom is 0.226 e. The molecule has 1 N–H and O–H groups in total. The van der Waals surface area contributed by atoms with Crippen molar-refractivity contribution in [3.8, 4) is 0 Å². The van der Waals surface area contributed by atoms with Gasteiger partial charge >= 0.3 is 0 Å². The van der Waals surface area contributed by atoms with Gasteiger partial charge in [-0.1, -0.05) is 0 Å². The molecule has 1 atom stereocenters. The summed E-state index contributed by atoms with van der Waals surface area (Å²) in [4.78, 5) is 25.4. The minimum atomic E-state index is 0. The minimum Gasteiger partial charge on any atom is -0.355 e. The van der Waals surface area contributed by atoms with Crippen molar-refractivity contribution < 1.29 is 4.79 Å². The first-order valence-corrected chi connectivity index (χ1v) is 7.78. The van der Waals surface area contributed by atoms with Crippen LogP contribution in [0.15, 0.2) is 18.6 Å². The summed E-state index contributed by atoms with van der Waals surface area (Å²) in [5, 5.41) is 3.33. The van der Waals surface area contributed by atoms with Crippen LogP contribution in [0.5, 0.6) is 0 Å². The summed E-state index contributed by atoms with van der Waals surface area (Å²) >= 11 is 0. The number of piperidine rings is 1. The number of carbonyl (C=O) groups is 1. The standard InChI is InChI=1S/C15H23N5O.2ClH/c1-12-10-17-6-9-20(12)15(21)13-2-7-19(8-3-13)14-11-16-4-5-18-14;;/h4-5,11-13,17H,2-3,6-10H2,1H3;2*1H/t12-;;/m0../s1. The molecule has 1 aromatic rings. The lowest BCUT2D eigenvalue weighted by molar-refractivity contribution is -0.139. The van der Waals surface area contributed by atoms with E-state index in [0.717, 1.165) is 51.4 Å². The van der Waals surface area contributed by atoms with Crippen LogP contribution in [-0.2, 0) is 4.79 Å². The molecule has 3 rings (SSSR count). The summed E-state index contributed by atoms with van der Waals surface area (Å²) in [7, 11) is 0. The number of carbonyl (C=O) groups excluding carboxylic acids is 1. The Morgan fingerprint density at radius 3 is 2.57 bits per heavy atom. The molecule has 3 heterocycles. The summed E-state index contributed by atoms with van der Waals surface area (Å²) in [6, 6.07) is 0.310. The van der Waals surface area contributed by atoms with Crippen LogP contribution in [0.3, 0.4) is 0 Å². The van der Waals surface area contributed by atoms with Crippen LogP contribution in [0.1, 0.15) is 19.8 Å². The monoisotopic (exact) mass is 361 g/mol. The summed E-state index contributed by atoms with van der Waals surface area (Å²) in [5.74, 6) is 1.42. The number of anilines is 1. The Labute approximate surface area is 149 Å². The van der Waals surface area contributed by atoms with E-state index < -0.39 is 0 Å². The molecular formula is C15H25Cl2N5O. The fourth-order valence-corrected chi connectivity index (χ4v) is 3.21. The molecule has 8 heteroatoms. The largest absolute Gasteiger partial charge is 0.355 e. The molecule has 0 aliphatic carbocycles. The third-order valence-electron chi connectivity index (χ3n) is 4.50. The van der Waals surface area contributed by atoms with Gasteiger partial charge in [-0.05, 0) is 19.8 Å². The minimum absolute atomic E-state index is 0. The quantitative estimate of drug-likeness (QED) is 0.861. The van der Waals surface area contributed by atoms with Gasteiger partial charge < -0.3 is 15.1 Å². The highest BCUT2D eigenvalue weighted by Gasteiger charge is 2.32. The second kappa shape index (κ2) is 9.25. The number of nitrogens with zero attached hydrogens (tertiary/aromatic N) is 4. The van der Waals surface area contributed by atoms with Crippen molar-refractivity contribution in [3.05, 3.63) is 18.6 Å². The van der Waals surface area contributed by atoms with Gasteiger partial charge in [-0.25, -0.2) is 4.98 Å². The first-order chi connectivity index (χ1) is 10.3. The van der Waals surface area contributed by atoms with Crippen molar-refractivity contribution in [3.63, 3.8) is 0 Å². The Bertz CT molecular complexity index is 482. The summed E-state index contributed by atoms with van der Waals surface area (Å²) in [5.41, 5.74) is 0. The lowest BCUT2D eigenvalue weighted by atomic mass is 9.94. The van der Waals surface area contributed by atoms with Gasteiger partial charge in [0, 0.05) is 57.1 Å². The zero-order valence-corrected chi connectivity index (χ0v) is 15.0. The maximum atomic E-state index is 12.7. The van der Waals surface area contributed by atoms with Crippen LogP contribution < -0.4 is 10.2 Å².